The zero-order valence-corrected chi connectivity index (χ0v) is 17.2. The van der Waals surface area contributed by atoms with E-state index in [0.717, 1.165) is 5.56 Å². The normalized spacial score (nSPS) is 15.7. The summed E-state index contributed by atoms with van der Waals surface area (Å²) >= 11 is 0. The van der Waals surface area contributed by atoms with E-state index in [9.17, 15) is 9.59 Å². The minimum atomic E-state index is -0.898. The molecule has 2 aromatic carbocycles. The number of benzene rings is 2. The molecule has 10 nitrogen and oxygen atoms in total. The van der Waals surface area contributed by atoms with Crippen LogP contribution in [-0.2, 0) is 11.3 Å². The van der Waals surface area contributed by atoms with Gasteiger partial charge in [-0.2, -0.15) is 0 Å². The van der Waals surface area contributed by atoms with Crippen molar-refractivity contribution in [3.05, 3.63) is 72.6 Å². The van der Waals surface area contributed by atoms with Gasteiger partial charge in [-0.25, -0.2) is 9.67 Å². The monoisotopic (exact) mass is 429 g/mol. The molecule has 5 rings (SSSR count). The Hall–Kier alpha value is -4.34. The number of carbonyl (C=O) groups is 2. The number of hydrogen-bond acceptors (Lipinski definition) is 7. The second kappa shape index (κ2) is 8.06. The summed E-state index contributed by atoms with van der Waals surface area (Å²) in [5.41, 5.74) is 2.89. The first-order valence-electron chi connectivity index (χ1n) is 9.98. The molecule has 2 amide bonds. The number of likely N-dealkylation sites (N-methyl/N-ethyl adjacent to an activating group) is 1. The van der Waals surface area contributed by atoms with Crippen LogP contribution in [0.2, 0.25) is 0 Å². The Kier molecular flexibility index (Phi) is 4.94. The lowest BCUT2D eigenvalue weighted by Crippen LogP contribution is -2.49. The van der Waals surface area contributed by atoms with E-state index < -0.39 is 11.9 Å². The highest BCUT2D eigenvalue weighted by atomic mass is 16.5. The number of aromatic nitrogens is 5. The maximum Gasteiger partial charge on any atom is 0.291 e. The number of amides is 2. The average molecular weight is 429 g/mol. The van der Waals surface area contributed by atoms with E-state index in [4.69, 9.17) is 4.74 Å². The Labute approximate surface area is 182 Å². The summed E-state index contributed by atoms with van der Waals surface area (Å²) in [5.74, 6) is -0.385. The maximum absolute atomic E-state index is 13.0. The van der Waals surface area contributed by atoms with Gasteiger partial charge in [0.25, 0.3) is 11.8 Å². The molecule has 32 heavy (non-hydrogen) atoms. The number of nitrogens with zero attached hydrogens (tertiary/aromatic N) is 6. The summed E-state index contributed by atoms with van der Waals surface area (Å²) in [6, 6.07) is 12.3. The minimum Gasteiger partial charge on any atom is -0.489 e. The van der Waals surface area contributed by atoms with Crippen molar-refractivity contribution in [3.8, 4) is 5.75 Å². The smallest absolute Gasteiger partial charge is 0.291 e. The molecule has 0 saturated heterocycles. The maximum atomic E-state index is 13.0. The SMILES string of the molecule is CN1C(=O)C(NC(=O)c2ncn(Cc3ccccc3)n2)COc2cc3nccnc3cc21. The molecule has 0 bridgehead atoms. The fourth-order valence-electron chi connectivity index (χ4n) is 3.53. The molecule has 0 saturated carbocycles. The van der Waals surface area contributed by atoms with Crippen LogP contribution in [0, 0.1) is 0 Å². The van der Waals surface area contributed by atoms with E-state index in [2.05, 4.69) is 25.4 Å². The Morgan fingerprint density at radius 3 is 2.66 bits per heavy atom. The van der Waals surface area contributed by atoms with E-state index in [1.165, 1.54) is 11.2 Å². The third kappa shape index (κ3) is 3.73. The van der Waals surface area contributed by atoms with Gasteiger partial charge in [0, 0.05) is 25.5 Å². The van der Waals surface area contributed by atoms with Crippen LogP contribution in [-0.4, -0.2) is 56.2 Å². The van der Waals surface area contributed by atoms with Crippen LogP contribution in [0.5, 0.6) is 5.75 Å². The van der Waals surface area contributed by atoms with E-state index in [1.54, 1.807) is 36.3 Å². The Morgan fingerprint density at radius 1 is 1.12 bits per heavy atom. The molecule has 160 valence electrons. The van der Waals surface area contributed by atoms with Gasteiger partial charge in [0.15, 0.2) is 0 Å². The molecule has 0 radical (unpaired) electrons. The van der Waals surface area contributed by atoms with Crippen molar-refractivity contribution in [2.75, 3.05) is 18.6 Å². The van der Waals surface area contributed by atoms with Gasteiger partial charge in [-0.1, -0.05) is 30.3 Å². The molecule has 1 unspecified atom stereocenters. The van der Waals surface area contributed by atoms with Crippen molar-refractivity contribution in [3.63, 3.8) is 0 Å². The Morgan fingerprint density at radius 2 is 1.88 bits per heavy atom. The fraction of sp³-hybridized carbons (Fsp3) is 0.182. The molecule has 1 aliphatic heterocycles. The molecular formula is C22H19N7O3. The Bertz CT molecular complexity index is 1310. The number of carbonyl (C=O) groups excluding carboxylic acids is 2. The average Bonchev–Trinajstić information content (AvgIpc) is 3.25. The number of nitrogens with one attached hydrogen (secondary N) is 1. The molecule has 4 aromatic rings. The van der Waals surface area contributed by atoms with Gasteiger partial charge in [-0.05, 0) is 11.6 Å². The van der Waals surface area contributed by atoms with Crippen LogP contribution in [0.1, 0.15) is 16.2 Å². The van der Waals surface area contributed by atoms with E-state index in [0.29, 0.717) is 29.0 Å². The second-order valence-corrected chi connectivity index (χ2v) is 7.35. The minimum absolute atomic E-state index is 0.0164. The zero-order valence-electron chi connectivity index (χ0n) is 17.2. The lowest BCUT2D eigenvalue weighted by molar-refractivity contribution is -0.120. The molecule has 3 heterocycles. The third-order valence-corrected chi connectivity index (χ3v) is 5.18. The van der Waals surface area contributed by atoms with Gasteiger partial charge in [0.2, 0.25) is 5.82 Å². The zero-order chi connectivity index (χ0) is 22.1. The number of hydrogen-bond donors (Lipinski definition) is 1. The van der Waals surface area contributed by atoms with Crippen LogP contribution in [0.25, 0.3) is 11.0 Å². The predicted octanol–water partition coefficient (Wildman–Crippen LogP) is 1.42. The van der Waals surface area contributed by atoms with Gasteiger partial charge < -0.3 is 15.0 Å². The van der Waals surface area contributed by atoms with E-state index in [-0.39, 0.29) is 18.3 Å². The van der Waals surface area contributed by atoms with Crippen LogP contribution >= 0.6 is 0 Å². The van der Waals surface area contributed by atoms with Crippen molar-refractivity contribution in [2.45, 2.75) is 12.6 Å². The highest BCUT2D eigenvalue weighted by Gasteiger charge is 2.32. The summed E-state index contributed by atoms with van der Waals surface area (Å²) < 4.78 is 7.41. The summed E-state index contributed by atoms with van der Waals surface area (Å²) in [6.45, 7) is 0.457. The van der Waals surface area contributed by atoms with Crippen LogP contribution < -0.4 is 15.0 Å². The largest absolute Gasteiger partial charge is 0.489 e. The molecule has 1 aliphatic rings. The topological polar surface area (TPSA) is 115 Å². The standard InChI is InChI=1S/C22H19N7O3/c1-28-18-9-15-16(24-8-7-23-15)10-19(18)32-12-17(22(28)31)26-21(30)20-25-13-29(27-20)11-14-5-3-2-4-6-14/h2-10,13,17H,11-12H2,1H3,(H,26,30). The van der Waals surface area contributed by atoms with Gasteiger partial charge in [-0.3, -0.25) is 19.6 Å². The quantitative estimate of drug-likeness (QED) is 0.522. The van der Waals surface area contributed by atoms with Crippen LogP contribution in [0.4, 0.5) is 5.69 Å². The van der Waals surface area contributed by atoms with Crippen molar-refractivity contribution in [1.29, 1.82) is 0 Å². The molecule has 1 N–H and O–H groups in total. The summed E-state index contributed by atoms with van der Waals surface area (Å²) in [5, 5.41) is 6.91. The second-order valence-electron chi connectivity index (χ2n) is 7.35. The van der Waals surface area contributed by atoms with Gasteiger partial charge in [0.05, 0.1) is 23.3 Å². The molecular weight excluding hydrogens is 410 g/mol. The number of rotatable bonds is 4. The third-order valence-electron chi connectivity index (χ3n) is 5.18. The van der Waals surface area contributed by atoms with Crippen molar-refractivity contribution >= 4 is 28.5 Å². The fourth-order valence-corrected chi connectivity index (χ4v) is 3.53. The van der Waals surface area contributed by atoms with Crippen molar-refractivity contribution in [1.82, 2.24) is 30.0 Å². The van der Waals surface area contributed by atoms with Gasteiger partial charge in [-0.15, -0.1) is 5.10 Å². The summed E-state index contributed by atoms with van der Waals surface area (Å²) in [6.07, 6.45) is 4.66. The highest BCUT2D eigenvalue weighted by Crippen LogP contribution is 2.33. The molecule has 0 aliphatic carbocycles. The summed E-state index contributed by atoms with van der Waals surface area (Å²) in [4.78, 5) is 39.8. The molecule has 1 atom stereocenters. The number of fused-ring (bicyclic) bond motifs is 2. The van der Waals surface area contributed by atoms with Crippen molar-refractivity contribution in [2.24, 2.45) is 0 Å². The van der Waals surface area contributed by atoms with E-state index >= 15 is 0 Å². The lowest BCUT2D eigenvalue weighted by atomic mass is 10.2. The highest BCUT2D eigenvalue weighted by molar-refractivity contribution is 6.03. The van der Waals surface area contributed by atoms with Crippen molar-refractivity contribution < 1.29 is 14.3 Å². The number of anilines is 1. The predicted molar refractivity (Wildman–Crippen MR) is 115 cm³/mol. The first-order chi connectivity index (χ1) is 15.6. The summed E-state index contributed by atoms with van der Waals surface area (Å²) in [7, 11) is 1.63. The molecule has 2 aromatic heterocycles. The molecule has 0 fully saturated rings. The Balaban J connectivity index is 1.32. The van der Waals surface area contributed by atoms with Gasteiger partial charge in [0.1, 0.15) is 24.7 Å². The lowest BCUT2D eigenvalue weighted by Gasteiger charge is -2.20. The van der Waals surface area contributed by atoms with E-state index in [1.807, 2.05) is 30.3 Å². The molecule has 10 heteroatoms. The number of ether oxygens (including phenoxy) is 1. The first-order valence-corrected chi connectivity index (χ1v) is 9.98. The van der Waals surface area contributed by atoms with Crippen LogP contribution in [0.15, 0.2) is 61.2 Å². The molecule has 0 spiro atoms. The first kappa shape index (κ1) is 19.6. The van der Waals surface area contributed by atoms with Gasteiger partial charge >= 0.3 is 0 Å². The van der Waals surface area contributed by atoms with Crippen LogP contribution in [0.3, 0.4) is 0 Å².